The van der Waals surface area contributed by atoms with Gasteiger partial charge in [-0.25, -0.2) is 4.79 Å². The van der Waals surface area contributed by atoms with Crippen LogP contribution in [0.25, 0.3) is 0 Å². The Hall–Kier alpha value is -1.32. The molecule has 0 aliphatic carbocycles. The highest BCUT2D eigenvalue weighted by molar-refractivity contribution is 5.85. The molecule has 0 bridgehead atoms. The first-order chi connectivity index (χ1) is 9.28. The van der Waals surface area contributed by atoms with Gasteiger partial charge in [0.15, 0.2) is 0 Å². The van der Waals surface area contributed by atoms with Crippen molar-refractivity contribution in [1.29, 1.82) is 0 Å². The summed E-state index contributed by atoms with van der Waals surface area (Å²) in [5.74, 6) is 0. The molecule has 0 spiro atoms. The first kappa shape index (κ1) is 18.7. The maximum absolute atomic E-state index is 12.4. The monoisotopic (exact) mass is 282 g/mol. The molecule has 0 heterocycles. The molecule has 0 saturated carbocycles. The lowest BCUT2D eigenvalue weighted by molar-refractivity contribution is 0.0197. The number of amides is 1. The second kappa shape index (κ2) is 8.77. The molecule has 0 fully saturated rings. The Morgan fingerprint density at radius 1 is 1.30 bits per heavy atom. The fraction of sp³-hybridized carbons (Fsp3) is 0.750. The van der Waals surface area contributed by atoms with Crippen molar-refractivity contribution in [3.05, 3.63) is 12.7 Å². The molecule has 1 atom stereocenters. The maximum atomic E-state index is 12.4. The molecular formula is C16H30N2O2. The van der Waals surface area contributed by atoms with Gasteiger partial charge in [0, 0.05) is 5.71 Å². The number of hydrazone groups is 1. The quantitative estimate of drug-likeness (QED) is 0.384. The zero-order chi connectivity index (χ0) is 15.8. The largest absolute Gasteiger partial charge is 0.442 e. The third-order valence-electron chi connectivity index (χ3n) is 2.82. The van der Waals surface area contributed by atoms with Crippen LogP contribution in [0.4, 0.5) is 4.79 Å². The minimum Gasteiger partial charge on any atom is -0.442 e. The van der Waals surface area contributed by atoms with E-state index in [2.05, 4.69) is 18.6 Å². The topological polar surface area (TPSA) is 41.9 Å². The van der Waals surface area contributed by atoms with Crippen LogP contribution in [0.5, 0.6) is 0 Å². The molecule has 4 nitrogen and oxygen atoms in total. The summed E-state index contributed by atoms with van der Waals surface area (Å²) < 4.78 is 5.45. The van der Waals surface area contributed by atoms with Crippen molar-refractivity contribution in [3.8, 4) is 0 Å². The highest BCUT2D eigenvalue weighted by Crippen LogP contribution is 2.16. The Bertz CT molecular complexity index is 337. The van der Waals surface area contributed by atoms with E-state index in [1.807, 2.05) is 34.6 Å². The third-order valence-corrected chi connectivity index (χ3v) is 2.82. The predicted octanol–water partition coefficient (Wildman–Crippen LogP) is 4.75. The van der Waals surface area contributed by atoms with Crippen LogP contribution < -0.4 is 0 Å². The van der Waals surface area contributed by atoms with Crippen molar-refractivity contribution in [2.75, 3.05) is 0 Å². The molecule has 1 amide bonds. The van der Waals surface area contributed by atoms with Crippen LogP contribution >= 0.6 is 0 Å². The fourth-order valence-corrected chi connectivity index (χ4v) is 1.74. The third kappa shape index (κ3) is 6.73. The lowest BCUT2D eigenvalue weighted by atomic mass is 10.1. The number of hydrogen-bond acceptors (Lipinski definition) is 3. The van der Waals surface area contributed by atoms with E-state index in [4.69, 9.17) is 4.74 Å². The highest BCUT2D eigenvalue weighted by atomic mass is 16.6. The van der Waals surface area contributed by atoms with Gasteiger partial charge in [-0.05, 0) is 40.0 Å². The van der Waals surface area contributed by atoms with Crippen molar-refractivity contribution in [2.45, 2.75) is 78.9 Å². The minimum atomic E-state index is -0.526. The van der Waals surface area contributed by atoms with Gasteiger partial charge in [-0.2, -0.15) is 10.1 Å². The van der Waals surface area contributed by atoms with E-state index in [1.54, 1.807) is 6.08 Å². The lowest BCUT2D eigenvalue weighted by Crippen LogP contribution is -2.39. The Balaban J connectivity index is 5.28. The second-order valence-electron chi connectivity index (χ2n) is 5.79. The predicted molar refractivity (Wildman–Crippen MR) is 85.0 cm³/mol. The second-order valence-corrected chi connectivity index (χ2v) is 5.79. The molecule has 0 aromatic heterocycles. The summed E-state index contributed by atoms with van der Waals surface area (Å²) in [5, 5.41) is 5.94. The van der Waals surface area contributed by atoms with Crippen molar-refractivity contribution >= 4 is 11.8 Å². The minimum absolute atomic E-state index is 0.122. The van der Waals surface area contributed by atoms with Gasteiger partial charge in [0.05, 0.1) is 6.04 Å². The molecule has 116 valence electrons. The number of hydrogen-bond donors (Lipinski definition) is 0. The Morgan fingerprint density at radius 3 is 2.20 bits per heavy atom. The molecule has 4 heteroatoms. The van der Waals surface area contributed by atoms with Crippen LogP contribution in [0.2, 0.25) is 0 Å². The number of rotatable bonds is 7. The summed E-state index contributed by atoms with van der Waals surface area (Å²) >= 11 is 0. The summed E-state index contributed by atoms with van der Waals surface area (Å²) in [4.78, 5) is 12.4. The SMILES string of the molecule is C=CC(CCC)N(N=C(CC)CC)C(=O)OC(C)(C)C. The van der Waals surface area contributed by atoms with E-state index in [-0.39, 0.29) is 6.04 Å². The van der Waals surface area contributed by atoms with E-state index in [1.165, 1.54) is 5.01 Å². The zero-order valence-corrected chi connectivity index (χ0v) is 13.9. The number of carbonyl (C=O) groups excluding carboxylic acids is 1. The molecule has 0 aliphatic rings. The van der Waals surface area contributed by atoms with Gasteiger partial charge in [0.25, 0.3) is 0 Å². The van der Waals surface area contributed by atoms with Gasteiger partial charge < -0.3 is 4.74 Å². The molecule has 0 aromatic rings. The summed E-state index contributed by atoms with van der Waals surface area (Å²) in [5.41, 5.74) is 0.459. The first-order valence-electron chi connectivity index (χ1n) is 7.50. The summed E-state index contributed by atoms with van der Waals surface area (Å²) in [6.45, 7) is 15.5. The van der Waals surface area contributed by atoms with E-state index in [0.717, 1.165) is 31.4 Å². The Kier molecular flexibility index (Phi) is 8.19. The molecule has 1 unspecified atom stereocenters. The molecular weight excluding hydrogens is 252 g/mol. The molecule has 20 heavy (non-hydrogen) atoms. The smallest absolute Gasteiger partial charge is 0.431 e. The van der Waals surface area contributed by atoms with Crippen molar-refractivity contribution < 1.29 is 9.53 Å². The standard InChI is InChI=1S/C16H30N2O2/c1-8-12-14(11-4)18(17-13(9-2)10-3)15(19)20-16(5,6)7/h11,14H,4,8-10,12H2,1-3,5-7H3. The summed E-state index contributed by atoms with van der Waals surface area (Å²) in [7, 11) is 0. The van der Waals surface area contributed by atoms with E-state index < -0.39 is 11.7 Å². The molecule has 0 saturated heterocycles. The average molecular weight is 282 g/mol. The van der Waals surface area contributed by atoms with Crippen LogP contribution in [0, 0.1) is 0 Å². The van der Waals surface area contributed by atoms with Gasteiger partial charge >= 0.3 is 6.09 Å². The molecule has 0 rings (SSSR count). The fourth-order valence-electron chi connectivity index (χ4n) is 1.74. The molecule has 0 radical (unpaired) electrons. The van der Waals surface area contributed by atoms with Crippen molar-refractivity contribution in [3.63, 3.8) is 0 Å². The molecule has 0 aliphatic heterocycles. The van der Waals surface area contributed by atoms with Gasteiger partial charge in [0.1, 0.15) is 5.60 Å². The van der Waals surface area contributed by atoms with Gasteiger partial charge in [-0.1, -0.05) is 33.3 Å². The van der Waals surface area contributed by atoms with Gasteiger partial charge in [0.2, 0.25) is 0 Å². The average Bonchev–Trinajstić information content (AvgIpc) is 2.36. The molecule has 0 N–H and O–H groups in total. The van der Waals surface area contributed by atoms with Crippen LogP contribution in [0.1, 0.15) is 67.2 Å². The summed E-state index contributed by atoms with van der Waals surface area (Å²) in [6, 6.07) is -0.122. The summed E-state index contributed by atoms with van der Waals surface area (Å²) in [6.07, 6.45) is 4.79. The van der Waals surface area contributed by atoms with E-state index >= 15 is 0 Å². The lowest BCUT2D eigenvalue weighted by Gasteiger charge is -2.29. The molecule has 0 aromatic carbocycles. The van der Waals surface area contributed by atoms with Gasteiger partial charge in [-0.3, -0.25) is 0 Å². The Morgan fingerprint density at radius 2 is 1.85 bits per heavy atom. The van der Waals surface area contributed by atoms with E-state index in [0.29, 0.717) is 0 Å². The normalized spacial score (nSPS) is 12.5. The number of carbonyl (C=O) groups is 1. The van der Waals surface area contributed by atoms with Crippen LogP contribution in [0.15, 0.2) is 17.8 Å². The van der Waals surface area contributed by atoms with E-state index in [9.17, 15) is 4.79 Å². The van der Waals surface area contributed by atoms with Crippen molar-refractivity contribution in [1.82, 2.24) is 5.01 Å². The first-order valence-corrected chi connectivity index (χ1v) is 7.50. The van der Waals surface area contributed by atoms with Crippen LogP contribution in [-0.4, -0.2) is 28.5 Å². The number of nitrogens with zero attached hydrogens (tertiary/aromatic N) is 2. The highest BCUT2D eigenvalue weighted by Gasteiger charge is 2.26. The van der Waals surface area contributed by atoms with Gasteiger partial charge in [-0.15, -0.1) is 6.58 Å². The maximum Gasteiger partial charge on any atom is 0.431 e. The van der Waals surface area contributed by atoms with Crippen molar-refractivity contribution in [2.24, 2.45) is 5.10 Å². The van der Waals surface area contributed by atoms with Crippen LogP contribution in [-0.2, 0) is 4.74 Å². The van der Waals surface area contributed by atoms with Crippen LogP contribution in [0.3, 0.4) is 0 Å². The number of ether oxygens (including phenoxy) is 1. The zero-order valence-electron chi connectivity index (χ0n) is 13.9. The Labute approximate surface area is 123 Å².